The number of fused-ring (bicyclic) bond motifs is 2. The topological polar surface area (TPSA) is 57.8 Å². The zero-order valence-corrected chi connectivity index (χ0v) is 13.6. The third kappa shape index (κ3) is 3.04. The minimum absolute atomic E-state index is 0.0946. The monoisotopic (exact) mass is 319 g/mol. The molecule has 1 unspecified atom stereocenters. The summed E-state index contributed by atoms with van der Waals surface area (Å²) < 4.78 is 0. The van der Waals surface area contributed by atoms with E-state index in [1.54, 1.807) is 0 Å². The fourth-order valence-corrected chi connectivity index (χ4v) is 3.53. The van der Waals surface area contributed by atoms with Crippen molar-refractivity contribution in [3.63, 3.8) is 0 Å². The van der Waals surface area contributed by atoms with Gasteiger partial charge in [-0.05, 0) is 42.5 Å². The zero-order chi connectivity index (χ0) is 16.4. The molecule has 1 aliphatic rings. The maximum atomic E-state index is 12.4. The molecule has 0 saturated heterocycles. The molecule has 2 N–H and O–H groups in total. The summed E-state index contributed by atoms with van der Waals surface area (Å²) in [5.74, 6) is 0.965. The lowest BCUT2D eigenvalue weighted by molar-refractivity contribution is -0.121. The van der Waals surface area contributed by atoms with Gasteiger partial charge in [0.25, 0.3) is 0 Å². The average molecular weight is 319 g/mol. The van der Waals surface area contributed by atoms with Crippen molar-refractivity contribution >= 4 is 16.9 Å². The molecule has 0 saturated carbocycles. The molecule has 0 spiro atoms. The smallest absolute Gasteiger partial charge is 0.220 e. The van der Waals surface area contributed by atoms with Gasteiger partial charge in [-0.25, -0.2) is 4.98 Å². The molecule has 0 radical (unpaired) electrons. The Bertz CT molecular complexity index is 835. The Labute approximate surface area is 141 Å². The molecular formula is C20H21N3O. The van der Waals surface area contributed by atoms with Crippen LogP contribution in [0.5, 0.6) is 0 Å². The molecule has 0 bridgehead atoms. The first-order valence-electron chi connectivity index (χ1n) is 8.60. The predicted molar refractivity (Wildman–Crippen MR) is 94.7 cm³/mol. The molecule has 1 amide bonds. The van der Waals surface area contributed by atoms with E-state index >= 15 is 0 Å². The second kappa shape index (κ2) is 6.48. The SMILES string of the molecule is O=C(CCc1nc2ccccc2[nH]1)NC1CCCc2ccccc21. The van der Waals surface area contributed by atoms with Gasteiger partial charge in [-0.15, -0.1) is 0 Å². The lowest BCUT2D eigenvalue weighted by Crippen LogP contribution is -2.31. The molecule has 24 heavy (non-hydrogen) atoms. The van der Waals surface area contributed by atoms with E-state index in [2.05, 4.69) is 39.6 Å². The van der Waals surface area contributed by atoms with E-state index in [0.717, 1.165) is 36.1 Å². The number of para-hydroxylation sites is 2. The molecule has 4 nitrogen and oxygen atoms in total. The van der Waals surface area contributed by atoms with Gasteiger partial charge in [0, 0.05) is 12.8 Å². The van der Waals surface area contributed by atoms with Gasteiger partial charge in [0.1, 0.15) is 5.82 Å². The van der Waals surface area contributed by atoms with Crippen LogP contribution in [-0.2, 0) is 17.6 Å². The molecule has 3 aromatic rings. The lowest BCUT2D eigenvalue weighted by Gasteiger charge is -2.26. The molecule has 4 rings (SSSR count). The van der Waals surface area contributed by atoms with Crippen molar-refractivity contribution in [3.05, 3.63) is 65.5 Å². The molecule has 4 heteroatoms. The van der Waals surface area contributed by atoms with Crippen LogP contribution in [0.1, 0.15) is 42.3 Å². The molecule has 2 aromatic carbocycles. The van der Waals surface area contributed by atoms with E-state index in [9.17, 15) is 4.79 Å². The van der Waals surface area contributed by atoms with E-state index in [0.29, 0.717) is 12.8 Å². The van der Waals surface area contributed by atoms with E-state index in [-0.39, 0.29) is 11.9 Å². The first-order valence-corrected chi connectivity index (χ1v) is 8.60. The molecule has 0 aliphatic heterocycles. The highest BCUT2D eigenvalue weighted by Crippen LogP contribution is 2.29. The minimum atomic E-state index is 0.0946. The second-order valence-electron chi connectivity index (χ2n) is 6.41. The summed E-state index contributed by atoms with van der Waals surface area (Å²) in [6, 6.07) is 16.5. The van der Waals surface area contributed by atoms with Crippen LogP contribution < -0.4 is 5.32 Å². The van der Waals surface area contributed by atoms with Gasteiger partial charge in [0.2, 0.25) is 5.91 Å². The number of carbonyl (C=O) groups excluding carboxylic acids is 1. The van der Waals surface area contributed by atoms with Crippen LogP contribution in [0, 0.1) is 0 Å². The van der Waals surface area contributed by atoms with Gasteiger partial charge in [-0.2, -0.15) is 0 Å². The Balaban J connectivity index is 1.39. The van der Waals surface area contributed by atoms with Crippen LogP contribution in [-0.4, -0.2) is 15.9 Å². The summed E-state index contributed by atoms with van der Waals surface area (Å²) in [5.41, 5.74) is 4.62. The van der Waals surface area contributed by atoms with Gasteiger partial charge in [-0.1, -0.05) is 36.4 Å². The van der Waals surface area contributed by atoms with Crippen molar-refractivity contribution in [2.75, 3.05) is 0 Å². The fraction of sp³-hybridized carbons (Fsp3) is 0.300. The molecule has 1 atom stereocenters. The largest absolute Gasteiger partial charge is 0.349 e. The maximum absolute atomic E-state index is 12.4. The lowest BCUT2D eigenvalue weighted by atomic mass is 9.87. The van der Waals surface area contributed by atoms with E-state index in [1.165, 1.54) is 11.1 Å². The quantitative estimate of drug-likeness (QED) is 0.770. The number of nitrogens with zero attached hydrogens (tertiary/aromatic N) is 1. The summed E-state index contributed by atoms with van der Waals surface area (Å²) in [4.78, 5) is 20.2. The van der Waals surface area contributed by atoms with Crippen molar-refractivity contribution in [2.24, 2.45) is 0 Å². The molecule has 0 fully saturated rings. The Kier molecular flexibility index (Phi) is 4.03. The first-order chi connectivity index (χ1) is 11.8. The molecular weight excluding hydrogens is 298 g/mol. The number of hydrogen-bond acceptors (Lipinski definition) is 2. The van der Waals surface area contributed by atoms with Gasteiger partial charge < -0.3 is 10.3 Å². The number of aromatic amines is 1. The van der Waals surface area contributed by atoms with Gasteiger partial charge >= 0.3 is 0 Å². The average Bonchev–Trinajstić information content (AvgIpc) is 3.03. The number of nitrogens with one attached hydrogen (secondary N) is 2. The number of amides is 1. The fourth-order valence-electron chi connectivity index (χ4n) is 3.53. The van der Waals surface area contributed by atoms with E-state index < -0.39 is 0 Å². The van der Waals surface area contributed by atoms with E-state index in [4.69, 9.17) is 0 Å². The minimum Gasteiger partial charge on any atom is -0.349 e. The zero-order valence-electron chi connectivity index (χ0n) is 13.6. The number of aryl methyl sites for hydroxylation is 2. The Morgan fingerprint density at radius 2 is 2.00 bits per heavy atom. The summed E-state index contributed by atoms with van der Waals surface area (Å²) in [6.07, 6.45) is 4.35. The highest BCUT2D eigenvalue weighted by Gasteiger charge is 2.21. The summed E-state index contributed by atoms with van der Waals surface area (Å²) in [5, 5.41) is 3.20. The maximum Gasteiger partial charge on any atom is 0.220 e. The number of rotatable bonds is 4. The van der Waals surface area contributed by atoms with Gasteiger partial charge in [0.05, 0.1) is 17.1 Å². The van der Waals surface area contributed by atoms with Crippen molar-refractivity contribution in [2.45, 2.75) is 38.1 Å². The predicted octanol–water partition coefficient (Wildman–Crippen LogP) is 3.69. The standard InChI is InChI=1S/C20H21N3O/c24-20(13-12-19-21-17-9-3-4-10-18(17)22-19)23-16-11-5-7-14-6-1-2-8-15(14)16/h1-4,6,8-10,16H,5,7,11-13H2,(H,21,22)(H,23,24). The number of hydrogen-bond donors (Lipinski definition) is 2. The summed E-state index contributed by atoms with van der Waals surface area (Å²) >= 11 is 0. The summed E-state index contributed by atoms with van der Waals surface area (Å²) in [6.45, 7) is 0. The van der Waals surface area contributed by atoms with Gasteiger partial charge in [-0.3, -0.25) is 4.79 Å². The molecule has 1 aliphatic carbocycles. The Morgan fingerprint density at radius 3 is 2.92 bits per heavy atom. The third-order valence-electron chi connectivity index (χ3n) is 4.73. The van der Waals surface area contributed by atoms with Crippen molar-refractivity contribution in [1.82, 2.24) is 15.3 Å². The van der Waals surface area contributed by atoms with Crippen LogP contribution >= 0.6 is 0 Å². The van der Waals surface area contributed by atoms with Crippen molar-refractivity contribution < 1.29 is 4.79 Å². The molecule has 1 aromatic heterocycles. The van der Waals surface area contributed by atoms with Gasteiger partial charge in [0.15, 0.2) is 0 Å². The number of benzene rings is 2. The first kappa shape index (κ1) is 14.9. The van der Waals surface area contributed by atoms with E-state index in [1.807, 2.05) is 24.3 Å². The molecule has 1 heterocycles. The second-order valence-corrected chi connectivity index (χ2v) is 6.41. The Morgan fingerprint density at radius 1 is 1.17 bits per heavy atom. The highest BCUT2D eigenvalue weighted by molar-refractivity contribution is 5.77. The Hall–Kier alpha value is -2.62. The number of imidazole rings is 1. The van der Waals surface area contributed by atoms with Crippen molar-refractivity contribution in [3.8, 4) is 0 Å². The van der Waals surface area contributed by atoms with Crippen LogP contribution in [0.2, 0.25) is 0 Å². The highest BCUT2D eigenvalue weighted by atomic mass is 16.1. The van der Waals surface area contributed by atoms with Crippen LogP contribution in [0.4, 0.5) is 0 Å². The molecule has 122 valence electrons. The van der Waals surface area contributed by atoms with Crippen molar-refractivity contribution in [1.29, 1.82) is 0 Å². The van der Waals surface area contributed by atoms with Crippen LogP contribution in [0.15, 0.2) is 48.5 Å². The number of aromatic nitrogens is 2. The van der Waals surface area contributed by atoms with Crippen LogP contribution in [0.3, 0.4) is 0 Å². The third-order valence-corrected chi connectivity index (χ3v) is 4.73. The number of carbonyl (C=O) groups is 1. The normalized spacial score (nSPS) is 16.8. The number of H-pyrrole nitrogens is 1. The summed E-state index contributed by atoms with van der Waals surface area (Å²) in [7, 11) is 0. The van der Waals surface area contributed by atoms with Crippen LogP contribution in [0.25, 0.3) is 11.0 Å².